The van der Waals surface area contributed by atoms with Gasteiger partial charge in [0.25, 0.3) is 0 Å². The minimum atomic E-state index is -0.553. The zero-order valence-corrected chi connectivity index (χ0v) is 14.0. The monoisotopic (exact) mass is 299 g/mol. The summed E-state index contributed by atoms with van der Waals surface area (Å²) in [6.45, 7) is 3.20. The van der Waals surface area contributed by atoms with Gasteiger partial charge in [-0.15, -0.1) is 0 Å². The van der Waals surface area contributed by atoms with Crippen molar-refractivity contribution in [1.29, 1.82) is 0 Å². The summed E-state index contributed by atoms with van der Waals surface area (Å²) in [5.41, 5.74) is 10.9. The molecular formula is C17H37N3O. The SMILES string of the molecule is CCCCCCCCCCCCCCNC(=O)C(N)CN. The van der Waals surface area contributed by atoms with Crippen molar-refractivity contribution >= 4 is 5.91 Å². The second-order valence-corrected chi connectivity index (χ2v) is 6.02. The molecule has 0 aromatic heterocycles. The highest BCUT2D eigenvalue weighted by molar-refractivity contribution is 5.81. The van der Waals surface area contributed by atoms with E-state index in [2.05, 4.69) is 12.2 Å². The fourth-order valence-corrected chi connectivity index (χ4v) is 2.42. The molecule has 0 fully saturated rings. The Balaban J connectivity index is 3.11. The van der Waals surface area contributed by atoms with E-state index in [9.17, 15) is 4.79 Å². The molecular weight excluding hydrogens is 262 g/mol. The molecule has 0 heterocycles. The number of amides is 1. The van der Waals surface area contributed by atoms with Crippen molar-refractivity contribution in [3.05, 3.63) is 0 Å². The zero-order chi connectivity index (χ0) is 15.8. The third kappa shape index (κ3) is 14.1. The molecule has 5 N–H and O–H groups in total. The van der Waals surface area contributed by atoms with Gasteiger partial charge in [0.2, 0.25) is 5.91 Å². The van der Waals surface area contributed by atoms with Gasteiger partial charge in [-0.05, 0) is 6.42 Å². The van der Waals surface area contributed by atoms with Gasteiger partial charge in [-0.25, -0.2) is 0 Å². The lowest BCUT2D eigenvalue weighted by atomic mass is 10.1. The summed E-state index contributed by atoms with van der Waals surface area (Å²) in [4.78, 5) is 11.4. The van der Waals surface area contributed by atoms with Crippen molar-refractivity contribution in [1.82, 2.24) is 5.32 Å². The molecule has 0 saturated heterocycles. The first-order valence-electron chi connectivity index (χ1n) is 8.95. The lowest BCUT2D eigenvalue weighted by molar-refractivity contribution is -0.122. The summed E-state index contributed by atoms with van der Waals surface area (Å²) < 4.78 is 0. The van der Waals surface area contributed by atoms with Crippen LogP contribution in [0.15, 0.2) is 0 Å². The molecule has 126 valence electrons. The molecule has 1 unspecified atom stereocenters. The molecule has 0 aliphatic heterocycles. The van der Waals surface area contributed by atoms with Crippen molar-refractivity contribution in [3.8, 4) is 0 Å². The van der Waals surface area contributed by atoms with E-state index in [1.165, 1.54) is 70.6 Å². The predicted octanol–water partition coefficient (Wildman–Crippen LogP) is 3.09. The average Bonchev–Trinajstić information content (AvgIpc) is 2.50. The standard InChI is InChI=1S/C17H37N3O/c1-2-3-4-5-6-7-8-9-10-11-12-13-14-20-17(21)16(19)15-18/h16H,2-15,18-19H2,1H3,(H,20,21). The van der Waals surface area contributed by atoms with E-state index in [-0.39, 0.29) is 12.5 Å². The lowest BCUT2D eigenvalue weighted by Gasteiger charge is -2.09. The normalized spacial score (nSPS) is 12.3. The van der Waals surface area contributed by atoms with E-state index in [4.69, 9.17) is 11.5 Å². The van der Waals surface area contributed by atoms with Crippen molar-refractivity contribution in [2.75, 3.05) is 13.1 Å². The van der Waals surface area contributed by atoms with E-state index in [1.807, 2.05) is 0 Å². The fourth-order valence-electron chi connectivity index (χ4n) is 2.42. The Morgan fingerprint density at radius 3 is 1.71 bits per heavy atom. The van der Waals surface area contributed by atoms with Crippen LogP contribution >= 0.6 is 0 Å². The Hall–Kier alpha value is -0.610. The summed E-state index contributed by atoms with van der Waals surface area (Å²) in [5, 5.41) is 2.82. The highest BCUT2D eigenvalue weighted by Crippen LogP contribution is 2.11. The molecule has 1 amide bonds. The predicted molar refractivity (Wildman–Crippen MR) is 91.1 cm³/mol. The molecule has 21 heavy (non-hydrogen) atoms. The maximum absolute atomic E-state index is 11.4. The maximum Gasteiger partial charge on any atom is 0.238 e. The molecule has 0 saturated carbocycles. The first-order valence-corrected chi connectivity index (χ1v) is 8.95. The lowest BCUT2D eigenvalue weighted by Crippen LogP contribution is -2.45. The Kier molecular flexibility index (Phi) is 15.3. The molecule has 0 aliphatic rings. The first-order chi connectivity index (χ1) is 10.2. The van der Waals surface area contributed by atoms with Gasteiger partial charge >= 0.3 is 0 Å². The van der Waals surface area contributed by atoms with Gasteiger partial charge in [-0.3, -0.25) is 4.79 Å². The van der Waals surface area contributed by atoms with Crippen LogP contribution in [-0.4, -0.2) is 25.0 Å². The van der Waals surface area contributed by atoms with Crippen LogP contribution in [-0.2, 0) is 4.79 Å². The maximum atomic E-state index is 11.4. The summed E-state index contributed by atoms with van der Waals surface area (Å²) in [5.74, 6) is -0.124. The Bertz CT molecular complexity index is 234. The van der Waals surface area contributed by atoms with E-state index in [0.29, 0.717) is 0 Å². The second kappa shape index (κ2) is 15.8. The Morgan fingerprint density at radius 2 is 1.29 bits per heavy atom. The van der Waals surface area contributed by atoms with Crippen LogP contribution in [0.1, 0.15) is 84.0 Å². The number of hydrogen-bond donors (Lipinski definition) is 3. The largest absolute Gasteiger partial charge is 0.355 e. The molecule has 0 radical (unpaired) electrons. The van der Waals surface area contributed by atoms with Crippen molar-refractivity contribution in [2.45, 2.75) is 90.0 Å². The number of unbranched alkanes of at least 4 members (excludes halogenated alkanes) is 11. The van der Waals surface area contributed by atoms with Gasteiger partial charge in [0.05, 0.1) is 6.04 Å². The third-order valence-corrected chi connectivity index (χ3v) is 3.92. The first kappa shape index (κ1) is 20.4. The summed E-state index contributed by atoms with van der Waals surface area (Å²) in [7, 11) is 0. The third-order valence-electron chi connectivity index (χ3n) is 3.92. The van der Waals surface area contributed by atoms with Gasteiger partial charge in [0.15, 0.2) is 0 Å². The van der Waals surface area contributed by atoms with Crippen LogP contribution in [0.5, 0.6) is 0 Å². The number of carbonyl (C=O) groups is 1. The van der Waals surface area contributed by atoms with Gasteiger partial charge in [0, 0.05) is 13.1 Å². The number of carbonyl (C=O) groups excluding carboxylic acids is 1. The molecule has 0 aromatic carbocycles. The van der Waals surface area contributed by atoms with Crippen LogP contribution in [0.2, 0.25) is 0 Å². The van der Waals surface area contributed by atoms with E-state index in [0.717, 1.165) is 13.0 Å². The van der Waals surface area contributed by atoms with Gasteiger partial charge in [-0.1, -0.05) is 77.6 Å². The smallest absolute Gasteiger partial charge is 0.238 e. The van der Waals surface area contributed by atoms with Gasteiger partial charge in [-0.2, -0.15) is 0 Å². The highest BCUT2D eigenvalue weighted by Gasteiger charge is 2.09. The topological polar surface area (TPSA) is 81.1 Å². The summed E-state index contributed by atoms with van der Waals surface area (Å²) >= 11 is 0. The molecule has 0 spiro atoms. The van der Waals surface area contributed by atoms with E-state index >= 15 is 0 Å². The van der Waals surface area contributed by atoms with Crippen LogP contribution in [0.3, 0.4) is 0 Å². The van der Waals surface area contributed by atoms with Crippen LogP contribution in [0.25, 0.3) is 0 Å². The molecule has 1 atom stereocenters. The minimum Gasteiger partial charge on any atom is -0.355 e. The van der Waals surface area contributed by atoms with Crippen LogP contribution in [0, 0.1) is 0 Å². The molecule has 0 rings (SSSR count). The molecule has 4 heteroatoms. The number of rotatable bonds is 15. The van der Waals surface area contributed by atoms with Crippen molar-refractivity contribution < 1.29 is 4.79 Å². The van der Waals surface area contributed by atoms with Crippen molar-refractivity contribution in [2.24, 2.45) is 11.5 Å². The summed E-state index contributed by atoms with van der Waals surface area (Å²) in [6.07, 6.45) is 15.9. The molecule has 0 aliphatic carbocycles. The zero-order valence-electron chi connectivity index (χ0n) is 14.0. The van der Waals surface area contributed by atoms with E-state index < -0.39 is 6.04 Å². The van der Waals surface area contributed by atoms with Gasteiger partial charge < -0.3 is 16.8 Å². The van der Waals surface area contributed by atoms with Crippen LogP contribution in [0.4, 0.5) is 0 Å². The number of hydrogen-bond acceptors (Lipinski definition) is 3. The average molecular weight is 300 g/mol. The Morgan fingerprint density at radius 1 is 0.857 bits per heavy atom. The number of nitrogens with one attached hydrogen (secondary N) is 1. The van der Waals surface area contributed by atoms with Gasteiger partial charge in [0.1, 0.15) is 0 Å². The van der Waals surface area contributed by atoms with E-state index in [1.54, 1.807) is 0 Å². The summed E-state index contributed by atoms with van der Waals surface area (Å²) in [6, 6.07) is -0.553. The fraction of sp³-hybridized carbons (Fsp3) is 0.941. The molecule has 4 nitrogen and oxygen atoms in total. The molecule has 0 aromatic rings. The highest BCUT2D eigenvalue weighted by atomic mass is 16.2. The van der Waals surface area contributed by atoms with Crippen molar-refractivity contribution in [3.63, 3.8) is 0 Å². The quantitative estimate of drug-likeness (QED) is 0.406. The second-order valence-electron chi connectivity index (χ2n) is 6.02. The minimum absolute atomic E-state index is 0.124. The number of nitrogens with two attached hydrogens (primary N) is 2. The molecule has 0 bridgehead atoms. The van der Waals surface area contributed by atoms with Crippen LogP contribution < -0.4 is 16.8 Å². The Labute approximate surface area is 131 Å².